The van der Waals surface area contributed by atoms with Crippen LogP contribution in [0.1, 0.15) is 76.5 Å². The van der Waals surface area contributed by atoms with E-state index in [1.54, 1.807) is 0 Å². The van der Waals surface area contributed by atoms with E-state index in [1.165, 1.54) is 19.3 Å². The largest absolute Gasteiger partial charge is 0.488 e. The molecular formula is C30H39NO2. The SMILES string of the molecule is CCCC(CCCCCC(CC)OC)OC(=Cc1ccccc1)c1ccc2ccccc2n1. The molecule has 3 rings (SSSR count). The number of nitrogens with zero attached hydrogens (tertiary/aromatic N) is 1. The Morgan fingerprint density at radius 2 is 1.55 bits per heavy atom. The lowest BCUT2D eigenvalue weighted by molar-refractivity contribution is 0.0890. The highest BCUT2D eigenvalue weighted by Gasteiger charge is 2.15. The van der Waals surface area contributed by atoms with Crippen LogP contribution >= 0.6 is 0 Å². The van der Waals surface area contributed by atoms with E-state index in [9.17, 15) is 0 Å². The van der Waals surface area contributed by atoms with Crippen LogP contribution in [-0.2, 0) is 9.47 Å². The average molecular weight is 446 g/mol. The van der Waals surface area contributed by atoms with Crippen molar-refractivity contribution in [2.45, 2.75) is 77.4 Å². The van der Waals surface area contributed by atoms with Crippen LogP contribution in [0.15, 0.2) is 66.7 Å². The Morgan fingerprint density at radius 1 is 0.818 bits per heavy atom. The minimum atomic E-state index is 0.197. The van der Waals surface area contributed by atoms with Crippen LogP contribution in [0, 0.1) is 0 Å². The van der Waals surface area contributed by atoms with E-state index in [2.05, 4.69) is 68.5 Å². The van der Waals surface area contributed by atoms with Crippen molar-refractivity contribution in [2.24, 2.45) is 0 Å². The number of hydrogen-bond donors (Lipinski definition) is 0. The van der Waals surface area contributed by atoms with Crippen LogP contribution in [0.2, 0.25) is 0 Å². The standard InChI is InChI=1S/C30H39NO2/c1-4-14-27(19-11-7-10-18-26(5-2)32-3)33-30(23-24-15-8-6-9-16-24)29-22-21-25-17-12-13-20-28(25)31-29/h6,8-9,12-13,15-17,20-23,26-27H,4-5,7,10-11,14,18-19H2,1-3H3. The molecule has 0 spiro atoms. The lowest BCUT2D eigenvalue weighted by Gasteiger charge is -2.21. The van der Waals surface area contributed by atoms with Crippen molar-refractivity contribution in [3.05, 3.63) is 78.0 Å². The molecule has 0 saturated carbocycles. The van der Waals surface area contributed by atoms with Gasteiger partial charge in [-0.15, -0.1) is 0 Å². The zero-order valence-corrected chi connectivity index (χ0v) is 20.5. The molecule has 3 nitrogen and oxygen atoms in total. The fraction of sp³-hybridized carbons (Fsp3) is 0.433. The van der Waals surface area contributed by atoms with Crippen LogP contribution in [0.4, 0.5) is 0 Å². The van der Waals surface area contributed by atoms with Gasteiger partial charge in [-0.05, 0) is 55.9 Å². The molecule has 0 aliphatic rings. The Balaban J connectivity index is 1.73. The third kappa shape index (κ3) is 8.01. The van der Waals surface area contributed by atoms with Gasteiger partial charge in [0.1, 0.15) is 11.5 Å². The predicted octanol–water partition coefficient (Wildman–Crippen LogP) is 8.29. The molecule has 0 bridgehead atoms. The van der Waals surface area contributed by atoms with Crippen molar-refractivity contribution in [3.63, 3.8) is 0 Å². The van der Waals surface area contributed by atoms with Crippen molar-refractivity contribution >= 4 is 22.7 Å². The highest BCUT2D eigenvalue weighted by Crippen LogP contribution is 2.26. The number of methoxy groups -OCH3 is 1. The second-order valence-electron chi connectivity index (χ2n) is 8.74. The summed E-state index contributed by atoms with van der Waals surface area (Å²) in [7, 11) is 1.82. The molecule has 2 unspecified atom stereocenters. The van der Waals surface area contributed by atoms with Crippen molar-refractivity contribution in [1.29, 1.82) is 0 Å². The number of fused-ring (bicyclic) bond motifs is 1. The van der Waals surface area contributed by atoms with E-state index in [0.29, 0.717) is 6.10 Å². The predicted molar refractivity (Wildman–Crippen MR) is 140 cm³/mol. The van der Waals surface area contributed by atoms with E-state index in [4.69, 9.17) is 14.5 Å². The fourth-order valence-electron chi connectivity index (χ4n) is 4.25. The molecule has 1 aromatic heterocycles. The van der Waals surface area contributed by atoms with Crippen molar-refractivity contribution < 1.29 is 9.47 Å². The number of pyridine rings is 1. The highest BCUT2D eigenvalue weighted by molar-refractivity contribution is 5.83. The summed E-state index contributed by atoms with van der Waals surface area (Å²) >= 11 is 0. The average Bonchev–Trinajstić information content (AvgIpc) is 2.86. The molecule has 2 atom stereocenters. The molecule has 0 N–H and O–H groups in total. The first kappa shape index (κ1) is 25.0. The third-order valence-corrected chi connectivity index (χ3v) is 6.19. The maximum atomic E-state index is 6.67. The number of rotatable bonds is 14. The molecule has 0 radical (unpaired) electrons. The van der Waals surface area contributed by atoms with Gasteiger partial charge in [-0.2, -0.15) is 0 Å². The summed E-state index contributed by atoms with van der Waals surface area (Å²) in [5.41, 5.74) is 3.01. The topological polar surface area (TPSA) is 31.4 Å². The van der Waals surface area contributed by atoms with Crippen LogP contribution in [-0.4, -0.2) is 24.3 Å². The lowest BCUT2D eigenvalue weighted by Crippen LogP contribution is -2.13. The first-order chi connectivity index (χ1) is 16.2. The van der Waals surface area contributed by atoms with Gasteiger partial charge in [-0.1, -0.05) is 87.7 Å². The molecule has 0 aliphatic heterocycles. The first-order valence-electron chi connectivity index (χ1n) is 12.6. The molecule has 0 amide bonds. The van der Waals surface area contributed by atoms with Gasteiger partial charge in [0.2, 0.25) is 0 Å². The third-order valence-electron chi connectivity index (χ3n) is 6.19. The number of ether oxygens (including phenoxy) is 2. The van der Waals surface area contributed by atoms with Crippen molar-refractivity contribution in [2.75, 3.05) is 7.11 Å². The number of benzene rings is 2. The molecule has 0 saturated heterocycles. The van der Waals surface area contributed by atoms with Gasteiger partial charge in [0.05, 0.1) is 17.7 Å². The molecule has 2 aromatic carbocycles. The van der Waals surface area contributed by atoms with E-state index in [1.807, 2.05) is 25.3 Å². The second kappa shape index (κ2) is 13.8. The smallest absolute Gasteiger partial charge is 0.145 e. The zero-order valence-electron chi connectivity index (χ0n) is 20.5. The summed E-state index contributed by atoms with van der Waals surface area (Å²) in [6, 6.07) is 22.8. The van der Waals surface area contributed by atoms with Gasteiger partial charge >= 0.3 is 0 Å². The second-order valence-corrected chi connectivity index (χ2v) is 8.74. The molecule has 1 heterocycles. The zero-order chi connectivity index (χ0) is 23.3. The summed E-state index contributed by atoms with van der Waals surface area (Å²) in [5.74, 6) is 0.857. The minimum absolute atomic E-state index is 0.197. The molecule has 0 fully saturated rings. The number of aromatic nitrogens is 1. The van der Waals surface area contributed by atoms with E-state index >= 15 is 0 Å². The van der Waals surface area contributed by atoms with Gasteiger partial charge < -0.3 is 9.47 Å². The Morgan fingerprint density at radius 3 is 2.27 bits per heavy atom. The molecule has 0 aliphatic carbocycles. The summed E-state index contributed by atoms with van der Waals surface area (Å²) in [6.45, 7) is 4.43. The molecule has 33 heavy (non-hydrogen) atoms. The summed E-state index contributed by atoms with van der Waals surface area (Å²) < 4.78 is 12.2. The Labute approximate surface area is 199 Å². The van der Waals surface area contributed by atoms with Gasteiger partial charge in [0.25, 0.3) is 0 Å². The number of hydrogen-bond acceptors (Lipinski definition) is 3. The lowest BCUT2D eigenvalue weighted by atomic mass is 10.0. The first-order valence-corrected chi connectivity index (χ1v) is 12.6. The van der Waals surface area contributed by atoms with Gasteiger partial charge in [0.15, 0.2) is 0 Å². The van der Waals surface area contributed by atoms with Gasteiger partial charge in [0, 0.05) is 12.5 Å². The Bertz CT molecular complexity index is 979. The van der Waals surface area contributed by atoms with Crippen LogP contribution in [0.25, 0.3) is 22.7 Å². The molecular weight excluding hydrogens is 406 g/mol. The Kier molecular flexibility index (Phi) is 10.4. The van der Waals surface area contributed by atoms with Crippen molar-refractivity contribution in [3.8, 4) is 0 Å². The Hall–Kier alpha value is -2.65. The van der Waals surface area contributed by atoms with Gasteiger partial charge in [-0.3, -0.25) is 0 Å². The normalized spacial score (nSPS) is 13.7. The quantitative estimate of drug-likeness (QED) is 0.185. The van der Waals surface area contributed by atoms with Crippen LogP contribution in [0.5, 0.6) is 0 Å². The van der Waals surface area contributed by atoms with Crippen molar-refractivity contribution in [1.82, 2.24) is 4.98 Å². The maximum absolute atomic E-state index is 6.67. The summed E-state index contributed by atoms with van der Waals surface area (Å²) in [4.78, 5) is 4.93. The van der Waals surface area contributed by atoms with Crippen LogP contribution in [0.3, 0.4) is 0 Å². The minimum Gasteiger partial charge on any atom is -0.488 e. The fourth-order valence-corrected chi connectivity index (χ4v) is 4.25. The monoisotopic (exact) mass is 445 g/mol. The number of para-hydroxylation sites is 1. The molecule has 3 heteroatoms. The van der Waals surface area contributed by atoms with E-state index in [0.717, 1.165) is 60.0 Å². The highest BCUT2D eigenvalue weighted by atomic mass is 16.5. The molecule has 176 valence electrons. The van der Waals surface area contributed by atoms with Gasteiger partial charge in [-0.25, -0.2) is 4.98 Å². The number of unbranched alkanes of at least 4 members (excludes halogenated alkanes) is 2. The summed E-state index contributed by atoms with van der Waals surface area (Å²) in [5, 5.41) is 1.15. The molecule has 3 aromatic rings. The van der Waals surface area contributed by atoms with Crippen LogP contribution < -0.4 is 0 Å². The van der Waals surface area contributed by atoms with E-state index in [-0.39, 0.29) is 6.10 Å². The maximum Gasteiger partial charge on any atom is 0.145 e. The van der Waals surface area contributed by atoms with E-state index < -0.39 is 0 Å². The summed E-state index contributed by atoms with van der Waals surface area (Å²) in [6.07, 6.45) is 11.8.